The van der Waals surface area contributed by atoms with Gasteiger partial charge in [0.25, 0.3) is 0 Å². The molecule has 9 nitrogen and oxygen atoms in total. The van der Waals surface area contributed by atoms with Crippen LogP contribution in [0.15, 0.2) is 36.9 Å². The lowest BCUT2D eigenvalue weighted by Gasteiger charge is -2.76. The van der Waals surface area contributed by atoms with Crippen LogP contribution in [0.2, 0.25) is 0 Å². The van der Waals surface area contributed by atoms with E-state index in [1.165, 1.54) is 48.1 Å². The van der Waals surface area contributed by atoms with Crippen molar-refractivity contribution in [1.82, 2.24) is 9.80 Å². The summed E-state index contributed by atoms with van der Waals surface area (Å²) >= 11 is 0. The summed E-state index contributed by atoms with van der Waals surface area (Å²) in [5, 5.41) is 56.3. The van der Waals surface area contributed by atoms with Crippen LogP contribution in [-0.4, -0.2) is 104 Å². The summed E-state index contributed by atoms with van der Waals surface area (Å²) in [4.78, 5) is 5.51. The van der Waals surface area contributed by atoms with E-state index in [4.69, 9.17) is 9.47 Å². The molecular formula is C55H76N2O7. The number of aromatic hydroxyl groups is 2. The van der Waals surface area contributed by atoms with Gasteiger partial charge in [-0.3, -0.25) is 9.80 Å². The Labute approximate surface area is 381 Å². The predicted molar refractivity (Wildman–Crippen MR) is 247 cm³/mol. The van der Waals surface area contributed by atoms with E-state index in [-0.39, 0.29) is 68.9 Å². The highest BCUT2D eigenvalue weighted by atomic mass is 16.5. The van der Waals surface area contributed by atoms with Gasteiger partial charge in [0.05, 0.1) is 17.8 Å². The second-order valence-electron chi connectivity index (χ2n) is 25.6. The van der Waals surface area contributed by atoms with Gasteiger partial charge >= 0.3 is 0 Å². The Hall–Kier alpha value is -2.82. The number of phenolic OH excluding ortho intramolecular Hbond substituents is 2. The topological polar surface area (TPSA) is 126 Å². The minimum Gasteiger partial charge on any atom is -0.504 e. The highest BCUT2D eigenvalue weighted by molar-refractivity contribution is 5.64. The number of rotatable bonds is 8. The number of aliphatic hydroxyl groups excluding tert-OH is 1. The van der Waals surface area contributed by atoms with Crippen LogP contribution < -0.4 is 9.47 Å². The number of ether oxygens (including phenoxy) is 2. The maximum atomic E-state index is 12.1. The Morgan fingerprint density at radius 1 is 0.734 bits per heavy atom. The third-order valence-electron chi connectivity index (χ3n) is 22.1. The molecule has 2 aromatic rings. The molecule has 0 aromatic heterocycles. The Morgan fingerprint density at radius 3 is 1.84 bits per heavy atom. The molecule has 9 heteroatoms. The Bertz CT molecular complexity index is 2310. The second kappa shape index (κ2) is 13.0. The molecule has 0 amide bonds. The SMILES string of the molecule is C=CCCN1CCC23c4c5ccc(O)c4OC2[C@@]2(CO)CC[C@@]3(C[C@@H]2C(C)(O)C(C)(C)C)C1C5.CC(C)(O)[C@H]1C[C@@]23CC[C@]1(C)C1Oc4c(O)ccc5c4[C@@]12CCN(CC1CC1)C3C5. The number of likely N-dealkylation sites (tertiary alicyclic amines) is 2. The van der Waals surface area contributed by atoms with Crippen molar-refractivity contribution in [3.05, 3.63) is 59.2 Å². The lowest BCUT2D eigenvalue weighted by Crippen LogP contribution is -2.81. The van der Waals surface area contributed by atoms with E-state index in [2.05, 4.69) is 56.2 Å². The average molecular weight is 877 g/mol. The first kappa shape index (κ1) is 42.5. The van der Waals surface area contributed by atoms with Gasteiger partial charge in [0.1, 0.15) is 12.2 Å². The quantitative estimate of drug-likeness (QED) is 0.167. The van der Waals surface area contributed by atoms with Crippen LogP contribution in [0.25, 0.3) is 0 Å². The summed E-state index contributed by atoms with van der Waals surface area (Å²) in [6.07, 6.45) is 16.0. The first-order valence-electron chi connectivity index (χ1n) is 25.4. The number of nitrogens with zero attached hydrogens (tertiary/aromatic N) is 2. The standard InChI is InChI=1S/C29H41NO4.C26H35NO3/c1-6-7-13-30-14-12-29-22-18-8-9-19(32)23(22)34-24(29)27(17-31)10-11-28(29,21(30)15-18)16-20(27)26(5,33)25(2,3)4;1-23(2,29)18-13-25-9-8-24(18,3)22-26(25)10-11-27(14-15-4-5-15)19(25)12-16-6-7-17(28)21(30-22)20(16)26/h6,8-9,20-21,24,31-33H,1,7,10-17H2,2-5H3;6-7,15,18-19,22,28-29H,4-5,8-14H2,1-3H3/t20-,21?,24?,26?,27-,28-,29?;18-,19?,22?,24+,25-,26+/m11/s1. The lowest BCUT2D eigenvalue weighted by atomic mass is 9.31. The average Bonchev–Trinajstić information content (AvgIpc) is 3.87. The van der Waals surface area contributed by atoms with Crippen molar-refractivity contribution in [1.29, 1.82) is 0 Å². The smallest absolute Gasteiger partial charge is 0.165 e. The zero-order chi connectivity index (χ0) is 45.0. The van der Waals surface area contributed by atoms with Crippen LogP contribution in [0.1, 0.15) is 141 Å². The fraction of sp³-hybridized carbons (Fsp3) is 0.745. The van der Waals surface area contributed by atoms with Gasteiger partial charge in [0.2, 0.25) is 0 Å². The molecule has 8 bridgehead atoms. The Kier molecular flexibility index (Phi) is 8.66. The molecule has 348 valence electrons. The summed E-state index contributed by atoms with van der Waals surface area (Å²) < 4.78 is 13.6. The van der Waals surface area contributed by atoms with E-state index < -0.39 is 16.6 Å². The van der Waals surface area contributed by atoms with E-state index in [1.54, 1.807) is 6.07 Å². The van der Waals surface area contributed by atoms with Gasteiger partial charge < -0.3 is 35.0 Å². The third-order valence-corrected chi connectivity index (χ3v) is 22.1. The van der Waals surface area contributed by atoms with Crippen molar-refractivity contribution >= 4 is 0 Å². The van der Waals surface area contributed by atoms with Gasteiger partial charge in [0, 0.05) is 68.8 Å². The maximum absolute atomic E-state index is 12.1. The molecule has 4 aliphatic heterocycles. The van der Waals surface area contributed by atoms with E-state index in [1.807, 2.05) is 32.9 Å². The molecule has 4 heterocycles. The second-order valence-corrected chi connectivity index (χ2v) is 25.6. The highest BCUT2D eigenvalue weighted by Gasteiger charge is 2.83. The van der Waals surface area contributed by atoms with E-state index in [0.717, 1.165) is 95.5 Å². The van der Waals surface area contributed by atoms with Crippen molar-refractivity contribution in [2.45, 2.75) is 178 Å². The molecule has 7 saturated carbocycles. The van der Waals surface area contributed by atoms with Gasteiger partial charge in [-0.05, 0) is 164 Å². The van der Waals surface area contributed by atoms with Crippen molar-refractivity contribution < 1.29 is 35.0 Å². The zero-order valence-electron chi connectivity index (χ0n) is 39.8. The normalized spacial score (nSPS) is 43.6. The first-order valence-corrected chi connectivity index (χ1v) is 25.4. The number of piperidine rings is 2. The minimum atomic E-state index is -0.967. The molecular weight excluding hydrogens is 801 g/mol. The summed E-state index contributed by atoms with van der Waals surface area (Å²) in [7, 11) is 0. The van der Waals surface area contributed by atoms with Crippen molar-refractivity contribution in [3.63, 3.8) is 0 Å². The number of benzene rings is 2. The largest absolute Gasteiger partial charge is 0.504 e. The number of fused-ring (bicyclic) bond motifs is 4. The fourth-order valence-electron chi connectivity index (χ4n) is 18.8. The molecule has 6 unspecified atom stereocenters. The van der Waals surface area contributed by atoms with Crippen LogP contribution in [0, 0.1) is 44.8 Å². The number of hydrogen-bond donors (Lipinski definition) is 5. The number of aliphatic hydroxyl groups is 3. The Morgan fingerprint density at radius 2 is 1.28 bits per heavy atom. The fourth-order valence-corrected chi connectivity index (χ4v) is 18.8. The lowest BCUT2D eigenvalue weighted by molar-refractivity contribution is -0.288. The van der Waals surface area contributed by atoms with Gasteiger partial charge in [-0.1, -0.05) is 45.9 Å². The van der Waals surface area contributed by atoms with Crippen LogP contribution in [0.3, 0.4) is 0 Å². The van der Waals surface area contributed by atoms with Gasteiger partial charge in [-0.15, -0.1) is 6.58 Å². The van der Waals surface area contributed by atoms with Gasteiger partial charge in [0.15, 0.2) is 23.0 Å². The summed E-state index contributed by atoms with van der Waals surface area (Å²) in [5.74, 6) is 2.99. The summed E-state index contributed by atoms with van der Waals surface area (Å²) in [6.45, 7) is 23.1. The molecule has 13 atom stereocenters. The molecule has 9 fully saturated rings. The molecule has 13 aliphatic rings. The van der Waals surface area contributed by atoms with Crippen molar-refractivity contribution in [2.75, 3.05) is 32.8 Å². The minimum absolute atomic E-state index is 0.00131. The molecule has 4 spiro atoms. The van der Waals surface area contributed by atoms with E-state index in [0.29, 0.717) is 23.6 Å². The Balaban J connectivity index is 0.000000136. The van der Waals surface area contributed by atoms with Gasteiger partial charge in [-0.25, -0.2) is 0 Å². The monoisotopic (exact) mass is 877 g/mol. The van der Waals surface area contributed by atoms with Crippen LogP contribution in [-0.2, 0) is 23.7 Å². The van der Waals surface area contributed by atoms with Gasteiger partial charge in [-0.2, -0.15) is 0 Å². The maximum Gasteiger partial charge on any atom is 0.165 e. The molecule has 5 N–H and O–H groups in total. The van der Waals surface area contributed by atoms with Crippen LogP contribution in [0.5, 0.6) is 23.0 Å². The van der Waals surface area contributed by atoms with Crippen LogP contribution >= 0.6 is 0 Å². The van der Waals surface area contributed by atoms with E-state index in [9.17, 15) is 25.5 Å². The van der Waals surface area contributed by atoms with Crippen molar-refractivity contribution in [3.8, 4) is 23.0 Å². The van der Waals surface area contributed by atoms with Crippen LogP contribution in [0.4, 0.5) is 0 Å². The molecule has 2 aromatic carbocycles. The molecule has 0 radical (unpaired) electrons. The van der Waals surface area contributed by atoms with E-state index >= 15 is 0 Å². The molecule has 64 heavy (non-hydrogen) atoms. The van der Waals surface area contributed by atoms with Crippen molar-refractivity contribution in [2.24, 2.45) is 44.8 Å². The summed E-state index contributed by atoms with van der Waals surface area (Å²) in [6, 6.07) is 8.84. The highest BCUT2D eigenvalue weighted by Crippen LogP contribution is 2.81. The first-order chi connectivity index (χ1) is 30.2. The molecule has 9 aliphatic carbocycles. The zero-order valence-corrected chi connectivity index (χ0v) is 39.8. The molecule has 15 rings (SSSR count). The summed E-state index contributed by atoms with van der Waals surface area (Å²) in [5.41, 5.74) is 2.57. The third kappa shape index (κ3) is 4.81. The predicted octanol–water partition coefficient (Wildman–Crippen LogP) is 8.18. The number of hydrogen-bond acceptors (Lipinski definition) is 9. The molecule has 2 saturated heterocycles. The number of phenols is 2.